The molecule has 0 fully saturated rings. The van der Waals surface area contributed by atoms with Gasteiger partial charge in [-0.3, -0.25) is 13.9 Å². The van der Waals surface area contributed by atoms with E-state index < -0.39 is 10.0 Å². The molecule has 0 aliphatic carbocycles. The van der Waals surface area contributed by atoms with Crippen LogP contribution in [0.25, 0.3) is 0 Å². The number of anilines is 2. The summed E-state index contributed by atoms with van der Waals surface area (Å²) in [5, 5.41) is 2.83. The Bertz CT molecular complexity index is 1620. The van der Waals surface area contributed by atoms with E-state index in [0.717, 1.165) is 22.9 Å². The van der Waals surface area contributed by atoms with Crippen LogP contribution in [0.3, 0.4) is 0 Å². The first-order valence-electron chi connectivity index (χ1n) is 13.0. The smallest absolute Gasteiger partial charge is 0.255 e. The number of carbonyl (C=O) groups excluding carboxylic acids is 2. The van der Waals surface area contributed by atoms with Gasteiger partial charge in [-0.2, -0.15) is 0 Å². The summed E-state index contributed by atoms with van der Waals surface area (Å²) in [5.41, 5.74) is 5.45. The summed E-state index contributed by atoms with van der Waals surface area (Å²) in [7, 11) is -3.55. The van der Waals surface area contributed by atoms with Crippen LogP contribution in [0.2, 0.25) is 0 Å². The molecule has 0 aliphatic heterocycles. The van der Waals surface area contributed by atoms with Crippen molar-refractivity contribution in [3.63, 3.8) is 0 Å². The molecule has 0 aliphatic rings. The summed E-state index contributed by atoms with van der Waals surface area (Å²) in [4.78, 5) is 26.0. The third-order valence-electron chi connectivity index (χ3n) is 6.66. The monoisotopic (exact) mass is 554 g/mol. The van der Waals surface area contributed by atoms with Crippen molar-refractivity contribution >= 4 is 33.1 Å². The summed E-state index contributed by atoms with van der Waals surface area (Å²) in [6.07, 6.45) is 1.16. The lowest BCUT2D eigenvalue weighted by atomic mass is 9.86. The lowest BCUT2D eigenvalue weighted by molar-refractivity contribution is 0.102. The minimum absolute atomic E-state index is 0.00580. The number of nitrogens with one attached hydrogen (secondary N) is 1. The van der Waals surface area contributed by atoms with Crippen molar-refractivity contribution in [1.82, 2.24) is 0 Å². The molecule has 0 saturated heterocycles. The van der Waals surface area contributed by atoms with E-state index in [2.05, 4.69) is 26.1 Å². The number of rotatable bonds is 8. The Labute approximate surface area is 236 Å². The second kappa shape index (κ2) is 11.5. The largest absolute Gasteiger partial charge is 0.322 e. The van der Waals surface area contributed by atoms with Gasteiger partial charge >= 0.3 is 0 Å². The standard InChI is InChI=1S/C33H34N2O4S/c1-23-9-11-24(12-10-23)22-35(40(5,38)39)30-19-15-26(16-20-30)32(37)34-29-8-6-7-27(21-29)31(36)25-13-17-28(18-14-25)33(2,3)4/h6-21H,22H2,1-5H3,(H,34,37). The molecule has 4 aromatic carbocycles. The van der Waals surface area contributed by atoms with Gasteiger partial charge in [-0.1, -0.05) is 87.0 Å². The first-order valence-corrected chi connectivity index (χ1v) is 14.9. The topological polar surface area (TPSA) is 83.6 Å². The molecule has 206 valence electrons. The van der Waals surface area contributed by atoms with Crippen LogP contribution in [0.1, 0.15) is 63.7 Å². The molecule has 0 heterocycles. The van der Waals surface area contributed by atoms with Gasteiger partial charge in [0, 0.05) is 22.4 Å². The Morgan fingerprint density at radius 3 is 1.95 bits per heavy atom. The number of aryl methyl sites for hydroxylation is 1. The molecule has 7 heteroatoms. The molecule has 40 heavy (non-hydrogen) atoms. The molecule has 0 bridgehead atoms. The molecule has 0 spiro atoms. The summed E-state index contributed by atoms with van der Waals surface area (Å²) in [5.74, 6) is -0.495. The summed E-state index contributed by atoms with van der Waals surface area (Å²) in [6, 6.07) is 28.5. The highest BCUT2D eigenvalue weighted by atomic mass is 32.2. The summed E-state index contributed by atoms with van der Waals surface area (Å²) >= 11 is 0. The first kappa shape index (κ1) is 28.8. The Morgan fingerprint density at radius 1 is 0.775 bits per heavy atom. The number of amides is 1. The second-order valence-electron chi connectivity index (χ2n) is 11.0. The number of sulfonamides is 1. The maximum Gasteiger partial charge on any atom is 0.255 e. The van der Waals surface area contributed by atoms with Crippen molar-refractivity contribution in [1.29, 1.82) is 0 Å². The van der Waals surface area contributed by atoms with E-state index in [1.807, 2.05) is 55.5 Å². The van der Waals surface area contributed by atoms with E-state index >= 15 is 0 Å². The fourth-order valence-corrected chi connectivity index (χ4v) is 5.16. The van der Waals surface area contributed by atoms with Gasteiger partial charge < -0.3 is 5.32 Å². The summed E-state index contributed by atoms with van der Waals surface area (Å²) in [6.45, 7) is 8.52. The molecule has 0 unspecified atom stereocenters. The lowest BCUT2D eigenvalue weighted by Crippen LogP contribution is -2.29. The highest BCUT2D eigenvalue weighted by Crippen LogP contribution is 2.24. The van der Waals surface area contributed by atoms with Crippen LogP contribution in [0.4, 0.5) is 11.4 Å². The average molecular weight is 555 g/mol. The molecule has 1 N–H and O–H groups in total. The van der Waals surface area contributed by atoms with Crippen LogP contribution in [0.15, 0.2) is 97.1 Å². The van der Waals surface area contributed by atoms with Gasteiger partial charge in [0.15, 0.2) is 5.78 Å². The van der Waals surface area contributed by atoms with Gasteiger partial charge in [0.05, 0.1) is 18.5 Å². The third kappa shape index (κ3) is 7.04. The fourth-order valence-electron chi connectivity index (χ4n) is 4.27. The molecular formula is C33H34N2O4S. The first-order chi connectivity index (χ1) is 18.8. The predicted molar refractivity (Wildman–Crippen MR) is 162 cm³/mol. The van der Waals surface area contributed by atoms with Gasteiger partial charge in [0.25, 0.3) is 5.91 Å². The van der Waals surface area contributed by atoms with E-state index in [1.165, 1.54) is 4.31 Å². The zero-order chi connectivity index (χ0) is 29.1. The van der Waals surface area contributed by atoms with E-state index in [4.69, 9.17) is 0 Å². The van der Waals surface area contributed by atoms with E-state index in [-0.39, 0.29) is 23.7 Å². The molecule has 4 aromatic rings. The fraction of sp³-hybridized carbons (Fsp3) is 0.212. The van der Waals surface area contributed by atoms with Crippen molar-refractivity contribution < 1.29 is 18.0 Å². The van der Waals surface area contributed by atoms with Gasteiger partial charge in [0.2, 0.25) is 10.0 Å². The number of benzene rings is 4. The molecule has 6 nitrogen and oxygen atoms in total. The molecule has 4 rings (SSSR count). The molecule has 0 aromatic heterocycles. The molecule has 1 amide bonds. The van der Waals surface area contributed by atoms with Crippen LogP contribution < -0.4 is 9.62 Å². The maximum absolute atomic E-state index is 13.1. The quantitative estimate of drug-likeness (QED) is 0.245. The number of nitrogens with zero attached hydrogens (tertiary/aromatic N) is 1. The lowest BCUT2D eigenvalue weighted by Gasteiger charge is -2.23. The Hall–Kier alpha value is -4.23. The number of hydrogen-bond acceptors (Lipinski definition) is 4. The molecular weight excluding hydrogens is 520 g/mol. The van der Waals surface area contributed by atoms with Crippen LogP contribution in [-0.4, -0.2) is 26.4 Å². The zero-order valence-corrected chi connectivity index (χ0v) is 24.2. The van der Waals surface area contributed by atoms with Crippen LogP contribution >= 0.6 is 0 Å². The number of carbonyl (C=O) groups is 2. The third-order valence-corrected chi connectivity index (χ3v) is 7.80. The van der Waals surface area contributed by atoms with Crippen molar-refractivity contribution in [2.45, 2.75) is 39.7 Å². The van der Waals surface area contributed by atoms with Crippen molar-refractivity contribution in [2.24, 2.45) is 0 Å². The van der Waals surface area contributed by atoms with Crippen molar-refractivity contribution in [2.75, 3.05) is 15.9 Å². The van der Waals surface area contributed by atoms with Gasteiger partial charge in [-0.15, -0.1) is 0 Å². The SMILES string of the molecule is Cc1ccc(CN(c2ccc(C(=O)Nc3cccc(C(=O)c4ccc(C(C)(C)C)cc4)c3)cc2)S(C)(=O)=O)cc1. The Balaban J connectivity index is 1.48. The van der Waals surface area contributed by atoms with Crippen LogP contribution in [-0.2, 0) is 22.0 Å². The average Bonchev–Trinajstić information content (AvgIpc) is 2.91. The normalized spacial score (nSPS) is 11.6. The van der Waals surface area contributed by atoms with Gasteiger partial charge in [-0.05, 0) is 59.9 Å². The van der Waals surface area contributed by atoms with Crippen molar-refractivity contribution in [3.05, 3.63) is 130 Å². The predicted octanol–water partition coefficient (Wildman–Crippen LogP) is 6.74. The second-order valence-corrected chi connectivity index (χ2v) is 12.9. The Morgan fingerprint density at radius 2 is 1.38 bits per heavy atom. The molecule has 0 saturated carbocycles. The van der Waals surface area contributed by atoms with Crippen LogP contribution in [0.5, 0.6) is 0 Å². The van der Waals surface area contributed by atoms with Crippen molar-refractivity contribution in [3.8, 4) is 0 Å². The molecule has 0 radical (unpaired) electrons. The minimum atomic E-state index is -3.55. The minimum Gasteiger partial charge on any atom is -0.322 e. The number of hydrogen-bond donors (Lipinski definition) is 1. The van der Waals surface area contributed by atoms with Gasteiger partial charge in [0.1, 0.15) is 0 Å². The highest BCUT2D eigenvalue weighted by Gasteiger charge is 2.19. The van der Waals surface area contributed by atoms with E-state index in [9.17, 15) is 18.0 Å². The highest BCUT2D eigenvalue weighted by molar-refractivity contribution is 7.92. The van der Waals surface area contributed by atoms with E-state index in [0.29, 0.717) is 28.1 Å². The zero-order valence-electron chi connectivity index (χ0n) is 23.4. The summed E-state index contributed by atoms with van der Waals surface area (Å²) < 4.78 is 26.4. The number of ketones is 1. The Kier molecular flexibility index (Phi) is 8.26. The van der Waals surface area contributed by atoms with E-state index in [1.54, 1.807) is 48.5 Å². The van der Waals surface area contributed by atoms with Crippen LogP contribution in [0, 0.1) is 6.92 Å². The maximum atomic E-state index is 13.1. The van der Waals surface area contributed by atoms with Gasteiger partial charge in [-0.25, -0.2) is 8.42 Å². The molecule has 0 atom stereocenters.